The summed E-state index contributed by atoms with van der Waals surface area (Å²) in [6, 6.07) is 3.77. The van der Waals surface area contributed by atoms with Crippen LogP contribution < -0.4 is 5.32 Å². The van der Waals surface area contributed by atoms with Crippen molar-refractivity contribution in [3.8, 4) is 0 Å². The lowest BCUT2D eigenvalue weighted by atomic mass is 10.1. The van der Waals surface area contributed by atoms with E-state index < -0.39 is 0 Å². The van der Waals surface area contributed by atoms with Crippen LogP contribution in [-0.2, 0) is 4.74 Å². The van der Waals surface area contributed by atoms with E-state index in [0.717, 1.165) is 11.3 Å². The zero-order valence-electron chi connectivity index (χ0n) is 10.8. The van der Waals surface area contributed by atoms with Crippen LogP contribution in [0, 0.1) is 6.92 Å². The van der Waals surface area contributed by atoms with Crippen molar-refractivity contribution < 1.29 is 9.53 Å². The maximum Gasteiger partial charge on any atom is 0.318 e. The van der Waals surface area contributed by atoms with Gasteiger partial charge in [-0.3, -0.25) is 4.98 Å². The molecular weight excluding hydrogens is 230 g/mol. The van der Waals surface area contributed by atoms with Crippen molar-refractivity contribution in [2.24, 2.45) is 0 Å². The number of nitrogens with one attached hydrogen (secondary N) is 1. The van der Waals surface area contributed by atoms with Crippen LogP contribution in [0.3, 0.4) is 0 Å². The van der Waals surface area contributed by atoms with Gasteiger partial charge in [-0.05, 0) is 25.5 Å². The van der Waals surface area contributed by atoms with Crippen LogP contribution in [-0.4, -0.2) is 42.2 Å². The van der Waals surface area contributed by atoms with Gasteiger partial charge in [-0.2, -0.15) is 0 Å². The summed E-state index contributed by atoms with van der Waals surface area (Å²) in [6.45, 7) is 6.49. The summed E-state index contributed by atoms with van der Waals surface area (Å²) in [7, 11) is 0. The molecule has 5 nitrogen and oxygen atoms in total. The number of hydrogen-bond acceptors (Lipinski definition) is 3. The first-order chi connectivity index (χ1) is 8.68. The molecule has 1 aliphatic rings. The van der Waals surface area contributed by atoms with E-state index in [1.54, 1.807) is 11.1 Å². The molecule has 0 unspecified atom stereocenters. The van der Waals surface area contributed by atoms with Gasteiger partial charge >= 0.3 is 6.03 Å². The minimum Gasteiger partial charge on any atom is -0.378 e. The van der Waals surface area contributed by atoms with Crippen molar-refractivity contribution in [2.45, 2.75) is 19.9 Å². The van der Waals surface area contributed by atoms with Gasteiger partial charge < -0.3 is 15.0 Å². The van der Waals surface area contributed by atoms with E-state index in [0.29, 0.717) is 26.3 Å². The summed E-state index contributed by atoms with van der Waals surface area (Å²) in [6.07, 6.45) is 1.75. The molecule has 0 aliphatic carbocycles. The molecule has 2 heterocycles. The minimum absolute atomic E-state index is 0.0455. The molecule has 0 bridgehead atoms. The average molecular weight is 249 g/mol. The van der Waals surface area contributed by atoms with Gasteiger partial charge in [0.05, 0.1) is 24.9 Å². The smallest absolute Gasteiger partial charge is 0.318 e. The van der Waals surface area contributed by atoms with Crippen LogP contribution in [0.5, 0.6) is 0 Å². The largest absolute Gasteiger partial charge is 0.378 e. The van der Waals surface area contributed by atoms with E-state index in [9.17, 15) is 4.79 Å². The van der Waals surface area contributed by atoms with Crippen molar-refractivity contribution in [2.75, 3.05) is 26.3 Å². The lowest BCUT2D eigenvalue weighted by Gasteiger charge is -2.28. The van der Waals surface area contributed by atoms with E-state index >= 15 is 0 Å². The molecule has 1 atom stereocenters. The third-order valence-electron chi connectivity index (χ3n) is 3.10. The maximum atomic E-state index is 12.0. The quantitative estimate of drug-likeness (QED) is 0.864. The minimum atomic E-state index is -0.0819. The Kier molecular flexibility index (Phi) is 4.15. The number of aromatic nitrogens is 1. The normalized spacial score (nSPS) is 17.3. The molecule has 18 heavy (non-hydrogen) atoms. The second-order valence-electron chi connectivity index (χ2n) is 4.48. The Morgan fingerprint density at radius 2 is 2.22 bits per heavy atom. The van der Waals surface area contributed by atoms with Crippen LogP contribution >= 0.6 is 0 Å². The number of rotatable bonds is 2. The summed E-state index contributed by atoms with van der Waals surface area (Å²) in [5, 5.41) is 2.98. The Bertz CT molecular complexity index is 416. The summed E-state index contributed by atoms with van der Waals surface area (Å²) in [5.74, 6) is 0. The van der Waals surface area contributed by atoms with Crippen LogP contribution in [0.15, 0.2) is 18.3 Å². The molecular formula is C13H19N3O2. The predicted molar refractivity (Wildman–Crippen MR) is 68.3 cm³/mol. The zero-order valence-corrected chi connectivity index (χ0v) is 10.8. The number of urea groups is 1. The van der Waals surface area contributed by atoms with E-state index in [1.807, 2.05) is 26.0 Å². The van der Waals surface area contributed by atoms with Gasteiger partial charge in [0.25, 0.3) is 0 Å². The Labute approximate surface area is 107 Å². The number of morpholine rings is 1. The predicted octanol–water partition coefficient (Wildman–Crippen LogP) is 1.49. The van der Waals surface area contributed by atoms with Gasteiger partial charge in [0.1, 0.15) is 0 Å². The number of carbonyl (C=O) groups is 1. The van der Waals surface area contributed by atoms with Gasteiger partial charge in [0, 0.05) is 19.3 Å². The summed E-state index contributed by atoms with van der Waals surface area (Å²) in [4.78, 5) is 18.1. The van der Waals surface area contributed by atoms with Crippen molar-refractivity contribution in [3.05, 3.63) is 29.6 Å². The van der Waals surface area contributed by atoms with Gasteiger partial charge in [-0.15, -0.1) is 0 Å². The molecule has 0 saturated carbocycles. The van der Waals surface area contributed by atoms with Crippen molar-refractivity contribution in [1.29, 1.82) is 0 Å². The van der Waals surface area contributed by atoms with E-state index in [2.05, 4.69) is 10.3 Å². The molecule has 0 radical (unpaired) electrons. The molecule has 1 fully saturated rings. The van der Waals surface area contributed by atoms with Crippen LogP contribution in [0.25, 0.3) is 0 Å². The number of pyridine rings is 1. The van der Waals surface area contributed by atoms with Gasteiger partial charge in [-0.1, -0.05) is 6.07 Å². The average Bonchev–Trinajstić information content (AvgIpc) is 2.40. The number of hydrogen-bond donors (Lipinski definition) is 1. The van der Waals surface area contributed by atoms with Crippen molar-refractivity contribution in [1.82, 2.24) is 15.2 Å². The van der Waals surface area contributed by atoms with E-state index in [1.165, 1.54) is 0 Å². The Morgan fingerprint density at radius 1 is 1.50 bits per heavy atom. The number of carbonyl (C=O) groups excluding carboxylic acids is 1. The molecule has 1 aliphatic heterocycles. The summed E-state index contributed by atoms with van der Waals surface area (Å²) in [5.41, 5.74) is 2.01. The Balaban J connectivity index is 1.96. The number of ether oxygens (including phenoxy) is 1. The van der Waals surface area contributed by atoms with E-state index in [4.69, 9.17) is 4.74 Å². The van der Waals surface area contributed by atoms with Gasteiger partial charge in [0.15, 0.2) is 0 Å². The van der Waals surface area contributed by atoms with Crippen LogP contribution in [0.4, 0.5) is 4.79 Å². The molecule has 98 valence electrons. The molecule has 2 rings (SSSR count). The fraction of sp³-hybridized carbons (Fsp3) is 0.538. The number of amides is 2. The summed E-state index contributed by atoms with van der Waals surface area (Å²) >= 11 is 0. The van der Waals surface area contributed by atoms with Gasteiger partial charge in [0.2, 0.25) is 0 Å². The lowest BCUT2D eigenvalue weighted by Crippen LogP contribution is -2.46. The van der Waals surface area contributed by atoms with E-state index in [-0.39, 0.29) is 12.1 Å². The highest BCUT2D eigenvalue weighted by Crippen LogP contribution is 2.14. The third kappa shape index (κ3) is 2.98. The lowest BCUT2D eigenvalue weighted by molar-refractivity contribution is 0.0526. The molecule has 2 amide bonds. The molecule has 5 heteroatoms. The topological polar surface area (TPSA) is 54.5 Å². The first-order valence-corrected chi connectivity index (χ1v) is 6.23. The molecule has 1 N–H and O–H groups in total. The van der Waals surface area contributed by atoms with Crippen LogP contribution in [0.2, 0.25) is 0 Å². The fourth-order valence-corrected chi connectivity index (χ4v) is 2.06. The third-order valence-corrected chi connectivity index (χ3v) is 3.10. The summed E-state index contributed by atoms with van der Waals surface area (Å²) < 4.78 is 5.22. The molecule has 1 aromatic heterocycles. The number of aryl methyl sites for hydroxylation is 1. The first-order valence-electron chi connectivity index (χ1n) is 6.23. The molecule has 1 aromatic rings. The molecule has 0 spiro atoms. The fourth-order valence-electron chi connectivity index (χ4n) is 2.06. The maximum absolute atomic E-state index is 12.0. The second-order valence-corrected chi connectivity index (χ2v) is 4.48. The zero-order chi connectivity index (χ0) is 13.0. The Hall–Kier alpha value is -1.62. The number of nitrogens with zero attached hydrogens (tertiary/aromatic N) is 2. The van der Waals surface area contributed by atoms with Crippen molar-refractivity contribution in [3.63, 3.8) is 0 Å². The van der Waals surface area contributed by atoms with Crippen LogP contribution in [0.1, 0.15) is 24.2 Å². The van der Waals surface area contributed by atoms with Crippen molar-refractivity contribution >= 4 is 6.03 Å². The molecule has 0 aromatic carbocycles. The van der Waals surface area contributed by atoms with Gasteiger partial charge in [-0.25, -0.2) is 4.79 Å². The molecule has 1 saturated heterocycles. The first kappa shape index (κ1) is 12.8. The highest BCUT2D eigenvalue weighted by molar-refractivity contribution is 5.74. The Morgan fingerprint density at radius 3 is 2.89 bits per heavy atom. The highest BCUT2D eigenvalue weighted by Gasteiger charge is 2.19. The monoisotopic (exact) mass is 249 g/mol. The second kappa shape index (κ2) is 5.82. The highest BCUT2D eigenvalue weighted by atomic mass is 16.5. The standard InChI is InChI=1S/C13H19N3O2/c1-10-4-3-5-14-12(10)11(2)15-13(17)16-6-8-18-9-7-16/h3-5,11H,6-9H2,1-2H3,(H,15,17)/t11-/m0/s1. The SMILES string of the molecule is Cc1cccnc1[C@H](C)NC(=O)N1CCOCC1.